The Balaban J connectivity index is 1.91. The molecule has 2 aliphatic carbocycles. The first-order valence-corrected chi connectivity index (χ1v) is 8.78. The number of carbonyl (C=O) groups is 2. The molecule has 0 N–H and O–H groups in total. The molecule has 0 spiro atoms. The van der Waals surface area contributed by atoms with Crippen LogP contribution in [0.25, 0.3) is 0 Å². The van der Waals surface area contributed by atoms with Gasteiger partial charge in [0.05, 0.1) is 5.92 Å². The lowest BCUT2D eigenvalue weighted by Crippen LogP contribution is -2.44. The molecule has 0 aromatic heterocycles. The third kappa shape index (κ3) is 2.72. The zero-order chi connectivity index (χ0) is 17.5. The molecule has 0 aromatic rings. The van der Waals surface area contributed by atoms with Crippen LogP contribution in [0.15, 0.2) is 36.0 Å². The van der Waals surface area contributed by atoms with Crippen LogP contribution in [-0.2, 0) is 19.1 Å². The summed E-state index contributed by atoms with van der Waals surface area (Å²) in [6, 6.07) is 0. The molecule has 0 radical (unpaired) electrons. The van der Waals surface area contributed by atoms with Gasteiger partial charge < -0.3 is 9.47 Å². The first kappa shape index (κ1) is 17.0. The van der Waals surface area contributed by atoms with E-state index >= 15 is 0 Å². The topological polar surface area (TPSA) is 52.6 Å². The van der Waals surface area contributed by atoms with Gasteiger partial charge in [0, 0.05) is 17.9 Å². The molecule has 1 saturated carbocycles. The molecule has 24 heavy (non-hydrogen) atoms. The molecule has 0 bridgehead atoms. The van der Waals surface area contributed by atoms with E-state index in [-0.39, 0.29) is 29.9 Å². The Morgan fingerprint density at radius 1 is 1.46 bits per heavy atom. The van der Waals surface area contributed by atoms with Crippen molar-refractivity contribution in [2.45, 2.75) is 64.1 Å². The van der Waals surface area contributed by atoms with Gasteiger partial charge in [-0.1, -0.05) is 23.8 Å². The highest BCUT2D eigenvalue weighted by Crippen LogP contribution is 2.53. The van der Waals surface area contributed by atoms with E-state index in [9.17, 15) is 9.59 Å². The molecule has 0 unspecified atom stereocenters. The first-order valence-electron chi connectivity index (χ1n) is 8.78. The van der Waals surface area contributed by atoms with Crippen LogP contribution < -0.4 is 0 Å². The van der Waals surface area contributed by atoms with Gasteiger partial charge >= 0.3 is 11.9 Å². The largest absolute Gasteiger partial charge is 0.459 e. The summed E-state index contributed by atoms with van der Waals surface area (Å²) in [5.74, 6) is -0.531. The Morgan fingerprint density at radius 3 is 2.92 bits per heavy atom. The molecule has 4 heteroatoms. The number of fused-ring (bicyclic) bond motifs is 3. The Bertz CT molecular complexity index is 630. The fourth-order valence-electron chi connectivity index (χ4n) is 4.54. The van der Waals surface area contributed by atoms with Crippen LogP contribution in [0.4, 0.5) is 0 Å². The van der Waals surface area contributed by atoms with Gasteiger partial charge in [0.2, 0.25) is 0 Å². The monoisotopic (exact) mass is 330 g/mol. The number of esters is 2. The van der Waals surface area contributed by atoms with Crippen LogP contribution in [0.3, 0.4) is 0 Å². The maximum atomic E-state index is 12.2. The third-order valence-electron chi connectivity index (χ3n) is 5.88. The lowest BCUT2D eigenvalue weighted by molar-refractivity contribution is -0.167. The Labute approximate surface area is 143 Å². The second-order valence-corrected chi connectivity index (χ2v) is 7.44. The van der Waals surface area contributed by atoms with Crippen LogP contribution in [0, 0.1) is 11.8 Å². The fourth-order valence-corrected chi connectivity index (χ4v) is 4.54. The summed E-state index contributed by atoms with van der Waals surface area (Å²) in [7, 11) is 0. The smallest absolute Gasteiger partial charge is 0.334 e. The molecule has 2 fully saturated rings. The van der Waals surface area contributed by atoms with Crippen LogP contribution in [0.2, 0.25) is 0 Å². The van der Waals surface area contributed by atoms with Gasteiger partial charge in [-0.05, 0) is 46.0 Å². The van der Waals surface area contributed by atoms with Gasteiger partial charge in [-0.15, -0.1) is 6.58 Å². The predicted octanol–water partition coefficient (Wildman–Crippen LogP) is 3.87. The van der Waals surface area contributed by atoms with Gasteiger partial charge in [-0.25, -0.2) is 4.79 Å². The van der Waals surface area contributed by atoms with Crippen molar-refractivity contribution in [3.8, 4) is 0 Å². The van der Waals surface area contributed by atoms with Crippen molar-refractivity contribution in [2.24, 2.45) is 11.8 Å². The molecule has 1 aliphatic heterocycles. The molecule has 3 aliphatic rings. The number of hydrogen-bond acceptors (Lipinski definition) is 4. The Hall–Kier alpha value is -1.84. The highest BCUT2D eigenvalue weighted by Gasteiger charge is 2.56. The second kappa shape index (κ2) is 6.23. The number of ether oxygens (including phenoxy) is 2. The second-order valence-electron chi connectivity index (χ2n) is 7.44. The first-order chi connectivity index (χ1) is 11.4. The zero-order valence-electron chi connectivity index (χ0n) is 14.6. The highest BCUT2D eigenvalue weighted by atomic mass is 16.6. The highest BCUT2D eigenvalue weighted by molar-refractivity contribution is 5.91. The van der Waals surface area contributed by atoms with Crippen molar-refractivity contribution in [1.82, 2.24) is 0 Å². The molecular weight excluding hydrogens is 304 g/mol. The van der Waals surface area contributed by atoms with E-state index in [1.54, 1.807) is 6.08 Å². The van der Waals surface area contributed by atoms with Gasteiger partial charge in [0.15, 0.2) is 0 Å². The lowest BCUT2D eigenvalue weighted by atomic mass is 9.79. The summed E-state index contributed by atoms with van der Waals surface area (Å²) in [6.07, 6.45) is 5.91. The van der Waals surface area contributed by atoms with Crippen molar-refractivity contribution >= 4 is 11.9 Å². The van der Waals surface area contributed by atoms with Crippen LogP contribution in [-0.4, -0.2) is 23.6 Å². The van der Waals surface area contributed by atoms with Crippen LogP contribution in [0.5, 0.6) is 0 Å². The number of rotatable bonds is 4. The lowest BCUT2D eigenvalue weighted by Gasteiger charge is -2.36. The molecular formula is C20H26O4. The molecule has 4 nitrogen and oxygen atoms in total. The van der Waals surface area contributed by atoms with Crippen molar-refractivity contribution in [3.05, 3.63) is 36.0 Å². The molecule has 1 heterocycles. The van der Waals surface area contributed by atoms with Gasteiger partial charge in [-0.2, -0.15) is 0 Å². The molecule has 3 rings (SSSR count). The van der Waals surface area contributed by atoms with E-state index in [1.165, 1.54) is 11.1 Å². The normalized spacial score (nSPS) is 35.2. The van der Waals surface area contributed by atoms with E-state index in [1.807, 2.05) is 6.92 Å². The van der Waals surface area contributed by atoms with Crippen molar-refractivity contribution in [2.75, 3.05) is 0 Å². The van der Waals surface area contributed by atoms with Gasteiger partial charge in [-0.3, -0.25) is 4.79 Å². The molecule has 4 atom stereocenters. The maximum Gasteiger partial charge on any atom is 0.334 e. The summed E-state index contributed by atoms with van der Waals surface area (Å²) in [5, 5.41) is 0. The Morgan fingerprint density at radius 2 is 2.21 bits per heavy atom. The summed E-state index contributed by atoms with van der Waals surface area (Å²) in [6.45, 7) is 11.7. The number of allylic oxidation sites excluding steroid dienone is 2. The van der Waals surface area contributed by atoms with Crippen LogP contribution in [0.1, 0.15) is 52.4 Å². The minimum Gasteiger partial charge on any atom is -0.459 e. The molecule has 0 aromatic carbocycles. The third-order valence-corrected chi connectivity index (χ3v) is 5.88. The van der Waals surface area contributed by atoms with Crippen molar-refractivity contribution < 1.29 is 19.1 Å². The van der Waals surface area contributed by atoms with Gasteiger partial charge in [0.25, 0.3) is 0 Å². The van der Waals surface area contributed by atoms with Gasteiger partial charge in [0.1, 0.15) is 11.7 Å². The average molecular weight is 330 g/mol. The van der Waals surface area contributed by atoms with Crippen molar-refractivity contribution in [1.29, 1.82) is 0 Å². The Kier molecular flexibility index (Phi) is 4.41. The molecule has 1 saturated heterocycles. The average Bonchev–Trinajstić information content (AvgIpc) is 2.95. The summed E-state index contributed by atoms with van der Waals surface area (Å²) in [4.78, 5) is 24.3. The summed E-state index contributed by atoms with van der Waals surface area (Å²) < 4.78 is 11.6. The van der Waals surface area contributed by atoms with Crippen molar-refractivity contribution in [3.63, 3.8) is 0 Å². The summed E-state index contributed by atoms with van der Waals surface area (Å²) in [5.41, 5.74) is 2.61. The van der Waals surface area contributed by atoms with E-state index in [0.717, 1.165) is 25.7 Å². The van der Waals surface area contributed by atoms with E-state index in [2.05, 4.69) is 20.1 Å². The van der Waals surface area contributed by atoms with E-state index in [4.69, 9.17) is 9.47 Å². The minimum absolute atomic E-state index is 0.0271. The molecule has 0 amide bonds. The fraction of sp³-hybridized carbons (Fsp3) is 0.600. The standard InChI is InChI=1S/C20H26O4/c1-5-6-7-16(21)24-20(4)11-10-14-12(2)8-9-15-13(3)19(22)23-18(15)17(14)20/h5,15,17-18H,1,3,6-11H2,2,4H3/t15-,17-,18-,20+/m0/s1. The zero-order valence-corrected chi connectivity index (χ0v) is 14.6. The quantitative estimate of drug-likeness (QED) is 0.446. The summed E-state index contributed by atoms with van der Waals surface area (Å²) >= 11 is 0. The number of hydrogen-bond donors (Lipinski definition) is 0. The predicted molar refractivity (Wildman–Crippen MR) is 91.1 cm³/mol. The maximum absolute atomic E-state index is 12.2. The van der Waals surface area contributed by atoms with E-state index in [0.29, 0.717) is 18.4 Å². The molecule has 130 valence electrons. The van der Waals surface area contributed by atoms with Crippen LogP contribution >= 0.6 is 0 Å². The van der Waals surface area contributed by atoms with E-state index < -0.39 is 5.60 Å². The minimum atomic E-state index is -0.618. The SMILES string of the molecule is C=CCCC(=O)O[C@]1(C)CCC2=C(C)CC[C@H]3C(=C)C(=O)O[C@@H]3[C@H]21. The number of carbonyl (C=O) groups excluding carboxylic acids is 2.